The molecule has 0 radical (unpaired) electrons. The Morgan fingerprint density at radius 2 is 1.75 bits per heavy atom. The van der Waals surface area contributed by atoms with Crippen molar-refractivity contribution in [2.75, 3.05) is 0 Å². The topological polar surface area (TPSA) is 0 Å². The van der Waals surface area contributed by atoms with Crippen LogP contribution in [0.25, 0.3) is 0 Å². The average Bonchev–Trinajstić information content (AvgIpc) is 2.08. The summed E-state index contributed by atoms with van der Waals surface area (Å²) in [4.78, 5) is 0. The van der Waals surface area contributed by atoms with Gasteiger partial charge in [0, 0.05) is 8.95 Å². The number of hydrogen-bond acceptors (Lipinski definition) is 0. The maximum atomic E-state index is 7.41. The van der Waals surface area contributed by atoms with E-state index in [2.05, 4.69) is 31.9 Å². The highest BCUT2D eigenvalue weighted by molar-refractivity contribution is 9.11. The van der Waals surface area contributed by atoms with Crippen molar-refractivity contribution >= 4 is 31.9 Å². The summed E-state index contributed by atoms with van der Waals surface area (Å²) < 4.78 is 29.9. The van der Waals surface area contributed by atoms with Crippen molar-refractivity contribution in [3.05, 3.63) is 33.1 Å². The van der Waals surface area contributed by atoms with Gasteiger partial charge in [-0.25, -0.2) is 0 Å². The van der Waals surface area contributed by atoms with Crippen LogP contribution in [0.5, 0.6) is 0 Å². The summed E-state index contributed by atoms with van der Waals surface area (Å²) in [5.41, 5.74) is 0. The zero-order valence-electron chi connectivity index (χ0n) is 7.76. The van der Waals surface area contributed by atoms with E-state index in [0.29, 0.717) is 0 Å². The first-order valence-corrected chi connectivity index (χ1v) is 3.46. The molecule has 0 amide bonds. The molecule has 0 aliphatic rings. The molecule has 0 aromatic heterocycles. The fraction of sp³-hybridized carbons (Fsp3) is 0. The molecule has 0 saturated carbocycles. The Balaban J connectivity index is 3.60. The Bertz CT molecular complexity index is 232. The molecule has 0 N–H and O–H groups in total. The summed E-state index contributed by atoms with van der Waals surface area (Å²) in [5, 5.41) is 0. The molecular weight excluding hydrogens is 232 g/mol. The predicted molar refractivity (Wildman–Crippen MR) is 41.8 cm³/mol. The van der Waals surface area contributed by atoms with Crippen LogP contribution in [-0.4, -0.2) is 0 Å². The first-order chi connectivity index (χ1) is 5.46. The van der Waals surface area contributed by atoms with Gasteiger partial charge in [0.05, 0.1) is 5.48 Å². The van der Waals surface area contributed by atoms with E-state index in [1.807, 2.05) is 0 Å². The number of halogens is 2. The average molecular weight is 240 g/mol. The SMILES string of the molecule is [2H]c1c([2H])c(Br)c([2H])c(Br)c1[2H]. The molecule has 0 nitrogen and oxygen atoms in total. The van der Waals surface area contributed by atoms with Crippen LogP contribution >= 0.6 is 31.9 Å². The van der Waals surface area contributed by atoms with E-state index in [1.54, 1.807) is 0 Å². The highest BCUT2D eigenvalue weighted by Crippen LogP contribution is 2.15. The Kier molecular flexibility index (Phi) is 0.940. The zero-order chi connectivity index (χ0) is 9.46. The van der Waals surface area contributed by atoms with Crippen LogP contribution < -0.4 is 0 Å². The largest absolute Gasteiger partial charge is 0.0647 e. The van der Waals surface area contributed by atoms with Gasteiger partial charge in [0.25, 0.3) is 0 Å². The Morgan fingerprint density at radius 1 is 1.25 bits per heavy atom. The Hall–Kier alpha value is 0.180. The lowest BCUT2D eigenvalue weighted by Gasteiger charge is -1.87. The number of hydrogen-bond donors (Lipinski definition) is 0. The van der Waals surface area contributed by atoms with Gasteiger partial charge >= 0.3 is 0 Å². The van der Waals surface area contributed by atoms with Crippen LogP contribution in [0.2, 0.25) is 0 Å². The van der Waals surface area contributed by atoms with Crippen LogP contribution in [0.4, 0.5) is 0 Å². The minimum atomic E-state index is -0.176. The third-order valence-corrected chi connectivity index (χ3v) is 1.36. The molecular formula is C6H4Br2. The molecule has 0 fully saturated rings. The highest BCUT2D eigenvalue weighted by atomic mass is 79.9. The van der Waals surface area contributed by atoms with Gasteiger partial charge < -0.3 is 0 Å². The third-order valence-electron chi connectivity index (χ3n) is 0.564. The lowest BCUT2D eigenvalue weighted by molar-refractivity contribution is 1.60. The van der Waals surface area contributed by atoms with E-state index in [1.165, 1.54) is 0 Å². The molecule has 0 aliphatic carbocycles. The number of benzene rings is 1. The highest BCUT2D eigenvalue weighted by Gasteiger charge is 1.84. The van der Waals surface area contributed by atoms with Crippen LogP contribution in [-0.2, 0) is 0 Å². The van der Waals surface area contributed by atoms with E-state index >= 15 is 0 Å². The molecule has 1 aromatic rings. The van der Waals surface area contributed by atoms with Gasteiger partial charge in [-0.1, -0.05) is 37.9 Å². The molecule has 0 aliphatic heterocycles. The molecule has 0 bridgehead atoms. The lowest BCUT2D eigenvalue weighted by Crippen LogP contribution is -1.61. The fourth-order valence-electron chi connectivity index (χ4n) is 0.300. The van der Waals surface area contributed by atoms with Crippen molar-refractivity contribution < 1.29 is 5.48 Å². The van der Waals surface area contributed by atoms with Crippen LogP contribution in [0.3, 0.4) is 0 Å². The summed E-state index contributed by atoms with van der Waals surface area (Å²) in [6, 6.07) is -0.368. The fourth-order valence-corrected chi connectivity index (χ4v) is 1.16. The zero-order valence-corrected chi connectivity index (χ0v) is 6.93. The maximum Gasteiger partial charge on any atom is 0.0647 e. The normalized spacial score (nSPS) is 16.2. The summed E-state index contributed by atoms with van der Waals surface area (Å²) >= 11 is 6.01. The van der Waals surface area contributed by atoms with Crippen molar-refractivity contribution in [1.82, 2.24) is 0 Å². The lowest BCUT2D eigenvalue weighted by atomic mass is 10.4. The maximum absolute atomic E-state index is 7.41. The molecule has 1 aromatic carbocycles. The molecule has 0 atom stereocenters. The minimum absolute atomic E-state index is 0.0426. The molecule has 0 heterocycles. The van der Waals surface area contributed by atoms with Gasteiger partial charge in [-0.05, 0) is 18.1 Å². The second-order valence-corrected chi connectivity index (χ2v) is 2.71. The van der Waals surface area contributed by atoms with Gasteiger partial charge in [-0.15, -0.1) is 0 Å². The van der Waals surface area contributed by atoms with E-state index in [9.17, 15) is 0 Å². The standard InChI is InChI=1S/C6H4Br2/c7-5-2-1-3-6(8)4-5/h1-4H/i1D,2D,3D,4D. The van der Waals surface area contributed by atoms with Gasteiger partial charge in [0.15, 0.2) is 0 Å². The molecule has 8 heavy (non-hydrogen) atoms. The molecule has 0 spiro atoms. The molecule has 42 valence electrons. The number of rotatable bonds is 0. The Morgan fingerprint density at radius 3 is 2.25 bits per heavy atom. The van der Waals surface area contributed by atoms with Crippen LogP contribution in [0.15, 0.2) is 33.1 Å². The summed E-state index contributed by atoms with van der Waals surface area (Å²) in [6.07, 6.45) is 0. The van der Waals surface area contributed by atoms with Gasteiger partial charge in [-0.2, -0.15) is 0 Å². The van der Waals surface area contributed by atoms with E-state index in [-0.39, 0.29) is 33.1 Å². The predicted octanol–water partition coefficient (Wildman–Crippen LogP) is 3.21. The second-order valence-electron chi connectivity index (χ2n) is 1.13. The first-order valence-electron chi connectivity index (χ1n) is 3.88. The van der Waals surface area contributed by atoms with Gasteiger partial charge in [0.1, 0.15) is 0 Å². The van der Waals surface area contributed by atoms with Crippen molar-refractivity contribution in [2.45, 2.75) is 0 Å². The molecule has 0 saturated heterocycles. The smallest absolute Gasteiger partial charge is 0.0600 e. The van der Waals surface area contributed by atoms with Gasteiger partial charge in [-0.3, -0.25) is 0 Å². The third kappa shape index (κ3) is 1.60. The first kappa shape index (κ1) is 2.84. The van der Waals surface area contributed by atoms with E-state index < -0.39 is 0 Å². The van der Waals surface area contributed by atoms with Crippen molar-refractivity contribution in [2.24, 2.45) is 0 Å². The Labute approximate surface area is 70.8 Å². The monoisotopic (exact) mass is 238 g/mol. The van der Waals surface area contributed by atoms with Crippen molar-refractivity contribution in [1.29, 1.82) is 0 Å². The summed E-state index contributed by atoms with van der Waals surface area (Å²) in [7, 11) is 0. The molecule has 2 heteroatoms. The quantitative estimate of drug-likeness (QED) is 0.653. The van der Waals surface area contributed by atoms with Crippen molar-refractivity contribution in [3.63, 3.8) is 0 Å². The van der Waals surface area contributed by atoms with Gasteiger partial charge in [0.2, 0.25) is 0 Å². The van der Waals surface area contributed by atoms with Crippen LogP contribution in [0.1, 0.15) is 5.48 Å². The molecule has 1 rings (SSSR count). The van der Waals surface area contributed by atoms with E-state index in [0.717, 1.165) is 0 Å². The van der Waals surface area contributed by atoms with Crippen LogP contribution in [0, 0.1) is 0 Å². The second kappa shape index (κ2) is 2.65. The minimum Gasteiger partial charge on any atom is -0.0600 e. The van der Waals surface area contributed by atoms with E-state index in [4.69, 9.17) is 5.48 Å². The summed E-state index contributed by atoms with van der Waals surface area (Å²) in [5.74, 6) is 0. The molecule has 0 unspecified atom stereocenters. The summed E-state index contributed by atoms with van der Waals surface area (Å²) in [6.45, 7) is 0. The van der Waals surface area contributed by atoms with Crippen molar-refractivity contribution in [3.8, 4) is 0 Å².